The Labute approximate surface area is 203 Å². The summed E-state index contributed by atoms with van der Waals surface area (Å²) in [5.74, 6) is 0.260. The summed E-state index contributed by atoms with van der Waals surface area (Å²) in [6.07, 6.45) is 3.85. The van der Waals surface area contributed by atoms with Gasteiger partial charge in [-0.2, -0.15) is 0 Å². The van der Waals surface area contributed by atoms with Crippen molar-refractivity contribution in [1.82, 2.24) is 4.90 Å². The van der Waals surface area contributed by atoms with Crippen molar-refractivity contribution < 1.29 is 10.2 Å². The van der Waals surface area contributed by atoms with E-state index < -0.39 is 0 Å². The van der Waals surface area contributed by atoms with Crippen LogP contribution in [-0.4, -0.2) is 54.9 Å². The molecule has 0 unspecified atom stereocenters. The standard InChI is InChI=1S/C30H36N2O2/c1-31(2)26-18-20-32(21-19-26)27-14-10-24(11-15-27)30(25-12-16-28(34)17-13-25)29(9-6-22-33)23-7-4-3-5-8-23/h3-5,7-8,10-17,26,33-34H,6,9,18-22H2,1-2H3/b30-29+. The van der Waals surface area contributed by atoms with Crippen LogP contribution in [0, 0.1) is 0 Å². The minimum atomic E-state index is 0.154. The maximum Gasteiger partial charge on any atom is 0.115 e. The van der Waals surface area contributed by atoms with E-state index in [1.54, 1.807) is 12.1 Å². The van der Waals surface area contributed by atoms with Gasteiger partial charge in [0.05, 0.1) is 0 Å². The smallest absolute Gasteiger partial charge is 0.115 e. The maximum atomic E-state index is 9.88. The van der Waals surface area contributed by atoms with Crippen LogP contribution >= 0.6 is 0 Å². The van der Waals surface area contributed by atoms with Crippen molar-refractivity contribution in [2.24, 2.45) is 0 Å². The lowest BCUT2D eigenvalue weighted by atomic mass is 9.87. The van der Waals surface area contributed by atoms with Gasteiger partial charge in [-0.15, -0.1) is 0 Å². The fraction of sp³-hybridized carbons (Fsp3) is 0.333. The van der Waals surface area contributed by atoms with E-state index in [9.17, 15) is 10.2 Å². The molecule has 1 saturated heterocycles. The first-order chi connectivity index (χ1) is 16.6. The van der Waals surface area contributed by atoms with Crippen LogP contribution in [0.25, 0.3) is 11.1 Å². The van der Waals surface area contributed by atoms with Gasteiger partial charge >= 0.3 is 0 Å². The molecule has 0 aliphatic carbocycles. The van der Waals surface area contributed by atoms with Crippen molar-refractivity contribution >= 4 is 16.8 Å². The Morgan fingerprint density at radius 3 is 1.97 bits per heavy atom. The molecule has 3 aromatic rings. The SMILES string of the molecule is CN(C)C1CCN(c2ccc(/C(=C(/CCCO)c3ccccc3)c3ccc(O)cc3)cc2)CC1. The largest absolute Gasteiger partial charge is 0.508 e. The van der Waals surface area contributed by atoms with E-state index in [-0.39, 0.29) is 12.4 Å². The zero-order valence-electron chi connectivity index (χ0n) is 20.3. The molecule has 34 heavy (non-hydrogen) atoms. The molecule has 1 aliphatic rings. The van der Waals surface area contributed by atoms with Crippen LogP contribution in [0.2, 0.25) is 0 Å². The summed E-state index contributed by atoms with van der Waals surface area (Å²) in [4.78, 5) is 4.82. The molecule has 0 amide bonds. The summed E-state index contributed by atoms with van der Waals surface area (Å²) >= 11 is 0. The van der Waals surface area contributed by atoms with Crippen LogP contribution < -0.4 is 4.90 Å². The second kappa shape index (κ2) is 11.4. The molecule has 0 saturated carbocycles. The number of piperidine rings is 1. The predicted molar refractivity (Wildman–Crippen MR) is 142 cm³/mol. The van der Waals surface area contributed by atoms with Crippen molar-refractivity contribution in [3.8, 4) is 5.75 Å². The number of aromatic hydroxyl groups is 1. The fourth-order valence-corrected chi connectivity index (χ4v) is 4.93. The van der Waals surface area contributed by atoms with Gasteiger partial charge in [-0.1, -0.05) is 54.6 Å². The number of hydrogen-bond acceptors (Lipinski definition) is 4. The van der Waals surface area contributed by atoms with Gasteiger partial charge in [0, 0.05) is 31.4 Å². The van der Waals surface area contributed by atoms with Crippen molar-refractivity contribution in [3.63, 3.8) is 0 Å². The quantitative estimate of drug-likeness (QED) is 0.430. The Morgan fingerprint density at radius 1 is 0.824 bits per heavy atom. The Bertz CT molecular complexity index is 1070. The van der Waals surface area contributed by atoms with Crippen molar-refractivity contribution in [3.05, 3.63) is 95.6 Å². The first-order valence-corrected chi connectivity index (χ1v) is 12.3. The second-order valence-corrected chi connectivity index (χ2v) is 9.32. The third-order valence-corrected chi connectivity index (χ3v) is 6.88. The number of phenolic OH excluding ortho intramolecular Hbond substituents is 1. The van der Waals surface area contributed by atoms with Gasteiger partial charge in [-0.25, -0.2) is 0 Å². The van der Waals surface area contributed by atoms with E-state index in [2.05, 4.69) is 72.4 Å². The molecule has 1 aliphatic heterocycles. The Balaban J connectivity index is 1.72. The third kappa shape index (κ3) is 5.69. The topological polar surface area (TPSA) is 46.9 Å². The summed E-state index contributed by atoms with van der Waals surface area (Å²) in [7, 11) is 4.35. The monoisotopic (exact) mass is 456 g/mol. The normalized spacial score (nSPS) is 15.5. The first-order valence-electron chi connectivity index (χ1n) is 12.3. The molecule has 178 valence electrons. The second-order valence-electron chi connectivity index (χ2n) is 9.32. The Kier molecular flexibility index (Phi) is 8.04. The number of anilines is 1. The van der Waals surface area contributed by atoms with E-state index in [0.29, 0.717) is 12.5 Å². The first kappa shape index (κ1) is 24.1. The molecule has 4 nitrogen and oxygen atoms in total. The minimum absolute atomic E-state index is 0.154. The maximum absolute atomic E-state index is 9.88. The van der Waals surface area contributed by atoms with Crippen LogP contribution in [0.1, 0.15) is 42.4 Å². The summed E-state index contributed by atoms with van der Waals surface area (Å²) in [5.41, 5.74) is 7.00. The molecule has 4 heteroatoms. The Hall–Kier alpha value is -3.08. The Morgan fingerprint density at radius 2 is 1.41 bits per heavy atom. The lowest BCUT2D eigenvalue weighted by molar-refractivity contribution is 0.249. The highest BCUT2D eigenvalue weighted by Crippen LogP contribution is 2.36. The third-order valence-electron chi connectivity index (χ3n) is 6.88. The predicted octanol–water partition coefficient (Wildman–Crippen LogP) is 5.65. The molecule has 0 atom stereocenters. The molecule has 0 spiro atoms. The molecule has 1 heterocycles. The van der Waals surface area contributed by atoms with E-state index in [1.807, 2.05) is 18.2 Å². The van der Waals surface area contributed by atoms with Crippen LogP contribution in [-0.2, 0) is 0 Å². The molecular formula is C30H36N2O2. The van der Waals surface area contributed by atoms with Crippen LogP contribution in [0.4, 0.5) is 5.69 Å². The lowest BCUT2D eigenvalue weighted by Crippen LogP contribution is -2.41. The summed E-state index contributed by atoms with van der Waals surface area (Å²) < 4.78 is 0. The molecule has 2 N–H and O–H groups in total. The van der Waals surface area contributed by atoms with Gasteiger partial charge in [0.15, 0.2) is 0 Å². The number of nitrogens with zero attached hydrogens (tertiary/aromatic N) is 2. The number of rotatable bonds is 8. The highest BCUT2D eigenvalue weighted by atomic mass is 16.3. The average molecular weight is 457 g/mol. The fourth-order valence-electron chi connectivity index (χ4n) is 4.93. The molecule has 4 rings (SSSR count). The minimum Gasteiger partial charge on any atom is -0.508 e. The van der Waals surface area contributed by atoms with E-state index in [0.717, 1.165) is 41.8 Å². The molecular weight excluding hydrogens is 420 g/mol. The summed E-state index contributed by atoms with van der Waals surface area (Å²) in [5, 5.41) is 19.5. The van der Waals surface area contributed by atoms with Crippen LogP contribution in [0.15, 0.2) is 78.9 Å². The summed E-state index contributed by atoms with van der Waals surface area (Å²) in [6.45, 7) is 2.31. The highest BCUT2D eigenvalue weighted by molar-refractivity contribution is 5.98. The van der Waals surface area contributed by atoms with Gasteiger partial charge in [0.2, 0.25) is 0 Å². The number of aliphatic hydroxyl groups is 1. The van der Waals surface area contributed by atoms with Gasteiger partial charge in [-0.05, 0) is 91.9 Å². The number of benzene rings is 3. The zero-order valence-corrected chi connectivity index (χ0v) is 20.3. The summed E-state index contributed by atoms with van der Waals surface area (Å²) in [6, 6.07) is 27.4. The van der Waals surface area contributed by atoms with Crippen molar-refractivity contribution in [2.45, 2.75) is 31.7 Å². The van der Waals surface area contributed by atoms with Crippen molar-refractivity contribution in [1.29, 1.82) is 0 Å². The van der Waals surface area contributed by atoms with E-state index in [4.69, 9.17) is 0 Å². The zero-order chi connectivity index (χ0) is 23.9. The molecule has 0 aromatic heterocycles. The lowest BCUT2D eigenvalue weighted by Gasteiger charge is -2.36. The van der Waals surface area contributed by atoms with Gasteiger partial charge in [0.1, 0.15) is 5.75 Å². The highest BCUT2D eigenvalue weighted by Gasteiger charge is 2.21. The molecule has 3 aromatic carbocycles. The van der Waals surface area contributed by atoms with Gasteiger partial charge in [-0.3, -0.25) is 0 Å². The van der Waals surface area contributed by atoms with E-state index >= 15 is 0 Å². The van der Waals surface area contributed by atoms with Crippen LogP contribution in [0.5, 0.6) is 5.75 Å². The van der Waals surface area contributed by atoms with Crippen LogP contribution in [0.3, 0.4) is 0 Å². The van der Waals surface area contributed by atoms with Crippen molar-refractivity contribution in [2.75, 3.05) is 38.7 Å². The number of hydrogen-bond donors (Lipinski definition) is 2. The van der Waals surface area contributed by atoms with Gasteiger partial charge in [0.25, 0.3) is 0 Å². The number of allylic oxidation sites excluding steroid dienone is 1. The average Bonchev–Trinajstić information content (AvgIpc) is 2.88. The molecule has 1 fully saturated rings. The van der Waals surface area contributed by atoms with Gasteiger partial charge < -0.3 is 20.0 Å². The number of phenols is 1. The van der Waals surface area contributed by atoms with E-state index in [1.165, 1.54) is 24.1 Å². The molecule has 0 radical (unpaired) electrons. The molecule has 0 bridgehead atoms. The number of aliphatic hydroxyl groups excluding tert-OH is 1.